The number of nitrogens with one attached hydrogen (secondary N) is 1. The Morgan fingerprint density at radius 1 is 1.16 bits per heavy atom. The second-order valence-corrected chi connectivity index (χ2v) is 7.99. The molecular weight excluding hydrogens is 330 g/mol. The van der Waals surface area contributed by atoms with E-state index in [1.807, 2.05) is 24.3 Å². The molecule has 1 N–H and O–H groups in total. The SMILES string of the molecule is CC1=C(C)c2cccc(C[S+]([O-])c3nc4ccccc4[nH]3)c2N(C)C1. The number of hydrogen-bond acceptors (Lipinski definition) is 3. The molecule has 0 radical (unpaired) electrons. The Kier molecular flexibility index (Phi) is 4.06. The molecule has 0 fully saturated rings. The van der Waals surface area contributed by atoms with Crippen molar-refractivity contribution in [2.45, 2.75) is 24.8 Å². The largest absolute Gasteiger partial charge is 0.609 e. The van der Waals surface area contributed by atoms with Crippen molar-refractivity contribution in [2.75, 3.05) is 18.5 Å². The van der Waals surface area contributed by atoms with Gasteiger partial charge in [0.15, 0.2) is 0 Å². The number of allylic oxidation sites excluding steroid dienone is 1. The first-order chi connectivity index (χ1) is 12.0. The van der Waals surface area contributed by atoms with Crippen molar-refractivity contribution in [1.82, 2.24) is 9.97 Å². The summed E-state index contributed by atoms with van der Waals surface area (Å²) in [4.78, 5) is 9.93. The number of hydrogen-bond donors (Lipinski definition) is 1. The lowest BCUT2D eigenvalue weighted by molar-refractivity contribution is 0.587. The summed E-state index contributed by atoms with van der Waals surface area (Å²) in [6.07, 6.45) is 0. The minimum absolute atomic E-state index is 0.458. The Bertz CT molecular complexity index is 943. The van der Waals surface area contributed by atoms with E-state index in [0.29, 0.717) is 10.9 Å². The minimum atomic E-state index is -1.21. The number of benzene rings is 2. The quantitative estimate of drug-likeness (QED) is 0.722. The number of H-pyrrole nitrogens is 1. The minimum Gasteiger partial charge on any atom is -0.609 e. The van der Waals surface area contributed by atoms with Crippen LogP contribution in [0.1, 0.15) is 25.0 Å². The standard InChI is InChI=1S/C20H21N3OS/c1-13-11-23(3)19-15(7-6-8-16(19)14(13)2)12-25(24)20-21-17-9-4-5-10-18(17)22-20/h4-10H,11-12H2,1-3H3,(H,21,22). The lowest BCUT2D eigenvalue weighted by Gasteiger charge is -2.31. The highest BCUT2D eigenvalue weighted by molar-refractivity contribution is 7.90. The van der Waals surface area contributed by atoms with Gasteiger partial charge in [-0.1, -0.05) is 35.9 Å². The topological polar surface area (TPSA) is 55.0 Å². The van der Waals surface area contributed by atoms with Crippen LogP contribution < -0.4 is 4.90 Å². The molecule has 2 heterocycles. The van der Waals surface area contributed by atoms with Gasteiger partial charge in [0.1, 0.15) is 5.75 Å². The monoisotopic (exact) mass is 351 g/mol. The average Bonchev–Trinajstić information content (AvgIpc) is 3.04. The van der Waals surface area contributed by atoms with E-state index in [-0.39, 0.29) is 0 Å². The zero-order valence-electron chi connectivity index (χ0n) is 14.7. The first-order valence-electron chi connectivity index (χ1n) is 8.37. The molecule has 4 nitrogen and oxygen atoms in total. The molecule has 0 saturated carbocycles. The number of fused-ring (bicyclic) bond motifs is 2. The molecule has 1 aliphatic heterocycles. The van der Waals surface area contributed by atoms with E-state index in [9.17, 15) is 4.55 Å². The number of imidazole rings is 1. The van der Waals surface area contributed by atoms with E-state index < -0.39 is 11.2 Å². The zero-order valence-corrected chi connectivity index (χ0v) is 15.5. The Morgan fingerprint density at radius 3 is 2.76 bits per heavy atom. The lowest BCUT2D eigenvalue weighted by Crippen LogP contribution is -2.26. The zero-order chi connectivity index (χ0) is 17.6. The number of likely N-dealkylation sites (N-methyl/N-ethyl adjacent to an activating group) is 1. The highest BCUT2D eigenvalue weighted by Gasteiger charge is 2.24. The van der Waals surface area contributed by atoms with Crippen molar-refractivity contribution < 1.29 is 4.55 Å². The highest BCUT2D eigenvalue weighted by Crippen LogP contribution is 2.37. The number of anilines is 1. The summed E-state index contributed by atoms with van der Waals surface area (Å²) >= 11 is -1.21. The summed E-state index contributed by atoms with van der Waals surface area (Å²) in [5.41, 5.74) is 8.01. The lowest BCUT2D eigenvalue weighted by atomic mass is 9.93. The molecule has 1 aromatic heterocycles. The van der Waals surface area contributed by atoms with E-state index in [1.54, 1.807) is 0 Å². The number of aromatic amines is 1. The van der Waals surface area contributed by atoms with Gasteiger partial charge in [-0.2, -0.15) is 4.98 Å². The Balaban J connectivity index is 1.69. The maximum atomic E-state index is 12.9. The summed E-state index contributed by atoms with van der Waals surface area (Å²) in [5, 5.41) is 0.542. The second-order valence-electron chi connectivity index (χ2n) is 6.62. The third-order valence-corrected chi connectivity index (χ3v) is 6.09. The van der Waals surface area contributed by atoms with Crippen LogP contribution in [0.5, 0.6) is 0 Å². The summed E-state index contributed by atoms with van der Waals surface area (Å²) in [7, 11) is 2.10. The van der Waals surface area contributed by atoms with Gasteiger partial charge in [-0.05, 0) is 31.6 Å². The van der Waals surface area contributed by atoms with Gasteiger partial charge >= 0.3 is 5.16 Å². The number of nitrogens with zero attached hydrogens (tertiary/aromatic N) is 2. The van der Waals surface area contributed by atoms with Crippen molar-refractivity contribution in [3.05, 3.63) is 59.2 Å². The maximum absolute atomic E-state index is 12.9. The van der Waals surface area contributed by atoms with Crippen molar-refractivity contribution in [2.24, 2.45) is 0 Å². The van der Waals surface area contributed by atoms with Gasteiger partial charge in [-0.15, -0.1) is 0 Å². The Morgan fingerprint density at radius 2 is 1.96 bits per heavy atom. The predicted molar refractivity (Wildman–Crippen MR) is 104 cm³/mol. The Hall–Kier alpha value is -2.24. The van der Waals surface area contributed by atoms with Crippen molar-refractivity contribution in [3.63, 3.8) is 0 Å². The molecule has 2 aromatic carbocycles. The molecule has 1 unspecified atom stereocenters. The van der Waals surface area contributed by atoms with Gasteiger partial charge in [0.2, 0.25) is 0 Å². The van der Waals surface area contributed by atoms with Crippen molar-refractivity contribution >= 4 is 33.5 Å². The van der Waals surface area contributed by atoms with Gasteiger partial charge in [0.25, 0.3) is 0 Å². The molecule has 0 spiro atoms. The van der Waals surface area contributed by atoms with Crippen LogP contribution in [0.15, 0.2) is 53.2 Å². The van der Waals surface area contributed by atoms with E-state index in [2.05, 4.69) is 54.0 Å². The smallest absolute Gasteiger partial charge is 0.321 e. The highest BCUT2D eigenvalue weighted by atomic mass is 32.2. The van der Waals surface area contributed by atoms with Crippen LogP contribution >= 0.6 is 0 Å². The Labute approximate surface area is 150 Å². The molecule has 0 amide bonds. The third kappa shape index (κ3) is 2.83. The van der Waals surface area contributed by atoms with Crippen molar-refractivity contribution in [1.29, 1.82) is 0 Å². The third-order valence-electron chi connectivity index (χ3n) is 4.89. The van der Waals surface area contributed by atoms with Crippen LogP contribution in [0.3, 0.4) is 0 Å². The van der Waals surface area contributed by atoms with Crippen molar-refractivity contribution in [3.8, 4) is 0 Å². The molecule has 4 rings (SSSR count). The van der Waals surface area contributed by atoms with Crippen LogP contribution in [0.2, 0.25) is 0 Å². The summed E-state index contributed by atoms with van der Waals surface area (Å²) in [6, 6.07) is 14.1. The molecular formula is C20H21N3OS. The van der Waals surface area contributed by atoms with E-state index in [0.717, 1.165) is 23.1 Å². The van der Waals surface area contributed by atoms with Gasteiger partial charge in [-0.25, -0.2) is 0 Å². The summed E-state index contributed by atoms with van der Waals surface area (Å²) < 4.78 is 12.9. The van der Waals surface area contributed by atoms with Crippen LogP contribution in [-0.4, -0.2) is 28.1 Å². The molecule has 0 saturated heterocycles. The molecule has 1 aliphatic rings. The number of rotatable bonds is 3. The summed E-state index contributed by atoms with van der Waals surface area (Å²) in [5.74, 6) is 0.458. The van der Waals surface area contributed by atoms with Crippen LogP contribution in [0, 0.1) is 0 Å². The fourth-order valence-corrected chi connectivity index (χ4v) is 4.57. The van der Waals surface area contributed by atoms with Gasteiger partial charge in [0.05, 0.1) is 16.7 Å². The molecule has 0 aliphatic carbocycles. The molecule has 0 bridgehead atoms. The van der Waals surface area contributed by atoms with Gasteiger partial charge < -0.3 is 9.45 Å². The summed E-state index contributed by atoms with van der Waals surface area (Å²) in [6.45, 7) is 5.25. The molecule has 128 valence electrons. The van der Waals surface area contributed by atoms with E-state index >= 15 is 0 Å². The predicted octanol–water partition coefficient (Wildman–Crippen LogP) is 4.11. The molecule has 25 heavy (non-hydrogen) atoms. The molecule has 1 atom stereocenters. The first kappa shape index (κ1) is 16.2. The number of aromatic nitrogens is 2. The van der Waals surface area contributed by atoms with Crippen LogP contribution in [0.4, 0.5) is 5.69 Å². The first-order valence-corrected chi connectivity index (χ1v) is 9.69. The second kappa shape index (κ2) is 6.24. The normalized spacial score (nSPS) is 15.6. The molecule has 3 aromatic rings. The fourth-order valence-electron chi connectivity index (χ4n) is 3.49. The van der Waals surface area contributed by atoms with E-state index in [4.69, 9.17) is 0 Å². The molecule has 5 heteroatoms. The average molecular weight is 351 g/mol. The van der Waals surface area contributed by atoms with Gasteiger partial charge in [0, 0.05) is 35.9 Å². The number of para-hydroxylation sites is 3. The van der Waals surface area contributed by atoms with Crippen LogP contribution in [-0.2, 0) is 16.9 Å². The fraction of sp³-hybridized carbons (Fsp3) is 0.250. The van der Waals surface area contributed by atoms with Gasteiger partial charge in [-0.3, -0.25) is 4.98 Å². The van der Waals surface area contributed by atoms with E-state index in [1.165, 1.54) is 22.4 Å². The maximum Gasteiger partial charge on any atom is 0.321 e. The van der Waals surface area contributed by atoms with Crippen LogP contribution in [0.25, 0.3) is 16.6 Å².